The second-order valence-corrected chi connectivity index (χ2v) is 6.37. The van der Waals surface area contributed by atoms with Gasteiger partial charge in [0.2, 0.25) is 0 Å². The van der Waals surface area contributed by atoms with E-state index in [1.54, 1.807) is 13.2 Å². The Balaban J connectivity index is 2.19. The molecule has 1 unspecified atom stereocenters. The van der Waals surface area contributed by atoms with Crippen LogP contribution in [0.3, 0.4) is 0 Å². The Kier molecular flexibility index (Phi) is 4.99. The molecule has 0 bridgehead atoms. The largest absolute Gasteiger partial charge is 0.495 e. The lowest BCUT2D eigenvalue weighted by molar-refractivity contribution is 0.256. The second kappa shape index (κ2) is 6.34. The van der Waals surface area contributed by atoms with Crippen molar-refractivity contribution in [1.82, 2.24) is 0 Å². The summed E-state index contributed by atoms with van der Waals surface area (Å²) in [6, 6.07) is 3.57. The standard InChI is InChI=1S/C15H21Cl2NO/c1-9-3-5-10(6-4-9)15(18)11-7-13(17)14(19-2)8-12(11)16/h7-10,15H,3-6,18H2,1-2H3. The van der Waals surface area contributed by atoms with Crippen molar-refractivity contribution in [1.29, 1.82) is 0 Å². The molecule has 2 N–H and O–H groups in total. The van der Waals surface area contributed by atoms with Gasteiger partial charge in [-0.15, -0.1) is 0 Å². The molecule has 1 fully saturated rings. The predicted octanol–water partition coefficient (Wildman–Crippen LogP) is 4.83. The van der Waals surface area contributed by atoms with Gasteiger partial charge in [-0.3, -0.25) is 0 Å². The molecule has 106 valence electrons. The van der Waals surface area contributed by atoms with E-state index in [0.29, 0.717) is 21.7 Å². The van der Waals surface area contributed by atoms with Crippen molar-refractivity contribution in [3.8, 4) is 5.75 Å². The first-order valence-electron chi connectivity index (χ1n) is 6.81. The molecular formula is C15H21Cl2NO. The Morgan fingerprint density at radius 1 is 1.16 bits per heavy atom. The van der Waals surface area contributed by atoms with Crippen LogP contribution in [0.1, 0.15) is 44.2 Å². The van der Waals surface area contributed by atoms with Crippen molar-refractivity contribution in [2.45, 2.75) is 38.6 Å². The minimum Gasteiger partial charge on any atom is -0.495 e. The van der Waals surface area contributed by atoms with Crippen LogP contribution in [-0.2, 0) is 0 Å². The molecule has 0 amide bonds. The van der Waals surface area contributed by atoms with E-state index in [9.17, 15) is 0 Å². The van der Waals surface area contributed by atoms with Crippen molar-refractivity contribution in [2.24, 2.45) is 17.6 Å². The molecule has 1 aliphatic rings. The van der Waals surface area contributed by atoms with Gasteiger partial charge in [-0.1, -0.05) is 43.0 Å². The third kappa shape index (κ3) is 3.36. The maximum atomic E-state index is 6.39. The van der Waals surface area contributed by atoms with Crippen molar-refractivity contribution < 1.29 is 4.74 Å². The highest BCUT2D eigenvalue weighted by Gasteiger charge is 2.26. The zero-order chi connectivity index (χ0) is 14.0. The fraction of sp³-hybridized carbons (Fsp3) is 0.600. The molecule has 0 heterocycles. The fourth-order valence-corrected chi connectivity index (χ4v) is 3.38. The lowest BCUT2D eigenvalue weighted by atomic mass is 9.77. The number of hydrogen-bond acceptors (Lipinski definition) is 2. The highest BCUT2D eigenvalue weighted by Crippen LogP contribution is 2.40. The van der Waals surface area contributed by atoms with E-state index < -0.39 is 0 Å². The number of hydrogen-bond donors (Lipinski definition) is 1. The minimum absolute atomic E-state index is 0.0385. The topological polar surface area (TPSA) is 35.2 Å². The number of halogens is 2. The third-order valence-electron chi connectivity index (χ3n) is 4.20. The van der Waals surface area contributed by atoms with Gasteiger partial charge in [0.15, 0.2) is 0 Å². The van der Waals surface area contributed by atoms with Gasteiger partial charge in [-0.05, 0) is 36.3 Å². The normalized spacial score (nSPS) is 25.1. The van der Waals surface area contributed by atoms with E-state index in [1.807, 2.05) is 6.07 Å². The van der Waals surface area contributed by atoms with Crippen molar-refractivity contribution in [3.05, 3.63) is 27.7 Å². The Morgan fingerprint density at radius 3 is 2.37 bits per heavy atom. The van der Waals surface area contributed by atoms with Gasteiger partial charge in [-0.2, -0.15) is 0 Å². The van der Waals surface area contributed by atoms with Crippen molar-refractivity contribution >= 4 is 23.2 Å². The number of benzene rings is 1. The van der Waals surface area contributed by atoms with E-state index in [1.165, 1.54) is 25.7 Å². The van der Waals surface area contributed by atoms with Crippen LogP contribution in [0.15, 0.2) is 12.1 Å². The van der Waals surface area contributed by atoms with E-state index in [2.05, 4.69) is 6.92 Å². The first-order chi connectivity index (χ1) is 9.02. The number of methoxy groups -OCH3 is 1. The first kappa shape index (κ1) is 15.0. The average Bonchev–Trinajstić information content (AvgIpc) is 2.41. The molecule has 1 aliphatic carbocycles. The zero-order valence-electron chi connectivity index (χ0n) is 11.5. The molecule has 19 heavy (non-hydrogen) atoms. The molecule has 0 saturated heterocycles. The summed E-state index contributed by atoms with van der Waals surface area (Å²) >= 11 is 12.5. The average molecular weight is 302 g/mol. The fourth-order valence-electron chi connectivity index (χ4n) is 2.85. The summed E-state index contributed by atoms with van der Waals surface area (Å²) in [6.07, 6.45) is 4.84. The first-order valence-corrected chi connectivity index (χ1v) is 7.57. The Morgan fingerprint density at radius 2 is 1.79 bits per heavy atom. The maximum Gasteiger partial charge on any atom is 0.138 e. The van der Waals surface area contributed by atoms with Crippen LogP contribution in [0, 0.1) is 11.8 Å². The summed E-state index contributed by atoms with van der Waals surface area (Å²) in [5.74, 6) is 1.91. The summed E-state index contributed by atoms with van der Waals surface area (Å²) in [5, 5.41) is 1.22. The summed E-state index contributed by atoms with van der Waals surface area (Å²) in [6.45, 7) is 2.30. The summed E-state index contributed by atoms with van der Waals surface area (Å²) in [4.78, 5) is 0. The van der Waals surface area contributed by atoms with Gasteiger partial charge in [0.05, 0.1) is 12.1 Å². The molecule has 2 nitrogen and oxygen atoms in total. The van der Waals surface area contributed by atoms with Gasteiger partial charge in [0.25, 0.3) is 0 Å². The van der Waals surface area contributed by atoms with Crippen molar-refractivity contribution in [2.75, 3.05) is 7.11 Å². The molecule has 0 radical (unpaired) electrons. The van der Waals surface area contributed by atoms with Crippen LogP contribution in [0.4, 0.5) is 0 Å². The van der Waals surface area contributed by atoms with Gasteiger partial charge in [-0.25, -0.2) is 0 Å². The van der Waals surface area contributed by atoms with Gasteiger partial charge >= 0.3 is 0 Å². The zero-order valence-corrected chi connectivity index (χ0v) is 13.0. The van der Waals surface area contributed by atoms with E-state index in [4.69, 9.17) is 33.7 Å². The molecule has 4 heteroatoms. The van der Waals surface area contributed by atoms with Crippen LogP contribution in [0.5, 0.6) is 5.75 Å². The van der Waals surface area contributed by atoms with Crippen LogP contribution in [0.25, 0.3) is 0 Å². The Hall–Kier alpha value is -0.440. The van der Waals surface area contributed by atoms with Crippen LogP contribution < -0.4 is 10.5 Å². The van der Waals surface area contributed by atoms with Crippen LogP contribution in [0.2, 0.25) is 10.0 Å². The van der Waals surface area contributed by atoms with E-state index in [0.717, 1.165) is 11.5 Å². The quantitative estimate of drug-likeness (QED) is 0.868. The third-order valence-corrected chi connectivity index (χ3v) is 4.82. The summed E-state index contributed by atoms with van der Waals surface area (Å²) in [7, 11) is 1.58. The smallest absolute Gasteiger partial charge is 0.138 e. The second-order valence-electron chi connectivity index (χ2n) is 5.55. The Bertz CT molecular complexity index is 442. The maximum absolute atomic E-state index is 6.39. The van der Waals surface area contributed by atoms with Gasteiger partial charge < -0.3 is 10.5 Å². The molecule has 0 spiro atoms. The lowest BCUT2D eigenvalue weighted by Gasteiger charge is -2.31. The summed E-state index contributed by atoms with van der Waals surface area (Å²) in [5.41, 5.74) is 7.33. The molecule has 1 aromatic carbocycles. The Labute approximate surface area is 125 Å². The summed E-state index contributed by atoms with van der Waals surface area (Å²) < 4.78 is 5.16. The molecule has 0 aromatic heterocycles. The highest BCUT2D eigenvalue weighted by molar-refractivity contribution is 6.34. The SMILES string of the molecule is COc1cc(Cl)c(C(N)C2CCC(C)CC2)cc1Cl. The lowest BCUT2D eigenvalue weighted by Crippen LogP contribution is -2.25. The molecule has 1 saturated carbocycles. The van der Waals surface area contributed by atoms with Gasteiger partial charge in [0, 0.05) is 17.1 Å². The minimum atomic E-state index is -0.0385. The van der Waals surface area contributed by atoms with Gasteiger partial charge in [0.1, 0.15) is 5.75 Å². The molecule has 2 rings (SSSR count). The van der Waals surface area contributed by atoms with E-state index in [-0.39, 0.29) is 6.04 Å². The van der Waals surface area contributed by atoms with Crippen LogP contribution >= 0.6 is 23.2 Å². The van der Waals surface area contributed by atoms with Crippen LogP contribution in [-0.4, -0.2) is 7.11 Å². The van der Waals surface area contributed by atoms with Crippen molar-refractivity contribution in [3.63, 3.8) is 0 Å². The molecule has 1 aromatic rings. The molecular weight excluding hydrogens is 281 g/mol. The number of ether oxygens (including phenoxy) is 1. The predicted molar refractivity (Wildman–Crippen MR) is 81.1 cm³/mol. The monoisotopic (exact) mass is 301 g/mol. The molecule has 1 atom stereocenters. The number of nitrogens with two attached hydrogens (primary N) is 1. The van der Waals surface area contributed by atoms with E-state index >= 15 is 0 Å². The molecule has 0 aliphatic heterocycles. The highest BCUT2D eigenvalue weighted by atomic mass is 35.5. The number of rotatable bonds is 3.